The fourth-order valence-electron chi connectivity index (χ4n) is 2.75. The van der Waals surface area contributed by atoms with Crippen molar-refractivity contribution in [1.82, 2.24) is 14.8 Å². The Morgan fingerprint density at radius 1 is 1.14 bits per heavy atom. The number of pyridine rings is 1. The highest BCUT2D eigenvalue weighted by Gasteiger charge is 2.10. The van der Waals surface area contributed by atoms with E-state index in [0.29, 0.717) is 0 Å². The molecule has 3 aromatic rings. The molecule has 3 rings (SSSR count). The van der Waals surface area contributed by atoms with E-state index in [9.17, 15) is 0 Å². The van der Waals surface area contributed by atoms with Gasteiger partial charge in [-0.2, -0.15) is 5.10 Å². The zero-order valence-electron chi connectivity index (χ0n) is 12.9. The van der Waals surface area contributed by atoms with Crippen LogP contribution in [0.25, 0.3) is 10.9 Å². The molecule has 21 heavy (non-hydrogen) atoms. The fourth-order valence-corrected chi connectivity index (χ4v) is 2.75. The third-order valence-corrected chi connectivity index (χ3v) is 3.89. The van der Waals surface area contributed by atoms with Gasteiger partial charge in [-0.05, 0) is 38.5 Å². The van der Waals surface area contributed by atoms with Gasteiger partial charge in [-0.25, -0.2) is 0 Å². The van der Waals surface area contributed by atoms with Crippen molar-refractivity contribution in [3.05, 3.63) is 53.0 Å². The summed E-state index contributed by atoms with van der Waals surface area (Å²) in [5.74, 6) is 0. The first-order valence-corrected chi connectivity index (χ1v) is 7.15. The van der Waals surface area contributed by atoms with Crippen molar-refractivity contribution in [3.8, 4) is 0 Å². The van der Waals surface area contributed by atoms with Crippen molar-refractivity contribution in [3.63, 3.8) is 0 Å². The van der Waals surface area contributed by atoms with Crippen molar-refractivity contribution in [2.45, 2.75) is 27.3 Å². The summed E-state index contributed by atoms with van der Waals surface area (Å²) in [6.07, 6.45) is 0. The normalized spacial score (nSPS) is 11.0. The Labute approximate surface area is 124 Å². The lowest BCUT2D eigenvalue weighted by Gasteiger charge is -2.10. The molecule has 4 nitrogen and oxygen atoms in total. The van der Waals surface area contributed by atoms with Gasteiger partial charge in [0.15, 0.2) is 0 Å². The second-order valence-corrected chi connectivity index (χ2v) is 5.46. The molecule has 2 heterocycles. The van der Waals surface area contributed by atoms with E-state index in [1.165, 1.54) is 10.9 Å². The average molecular weight is 280 g/mol. The summed E-state index contributed by atoms with van der Waals surface area (Å²) in [7, 11) is 1.97. The Morgan fingerprint density at radius 2 is 1.90 bits per heavy atom. The average Bonchev–Trinajstić information content (AvgIpc) is 2.69. The van der Waals surface area contributed by atoms with Gasteiger partial charge in [0.25, 0.3) is 0 Å². The molecule has 108 valence electrons. The van der Waals surface area contributed by atoms with E-state index in [1.54, 1.807) is 0 Å². The Balaban J connectivity index is 1.95. The number of hydrogen-bond acceptors (Lipinski definition) is 3. The molecule has 0 aliphatic heterocycles. The van der Waals surface area contributed by atoms with Crippen LogP contribution in [0, 0.1) is 20.8 Å². The summed E-state index contributed by atoms with van der Waals surface area (Å²) in [4.78, 5) is 4.59. The maximum atomic E-state index is 4.59. The SMILES string of the molecule is Cc1cc(CNc2c(C)nn(C)c2C)c2ccccc2n1. The highest BCUT2D eigenvalue weighted by atomic mass is 15.3. The first-order chi connectivity index (χ1) is 10.1. The fraction of sp³-hybridized carbons (Fsp3) is 0.294. The first-order valence-electron chi connectivity index (χ1n) is 7.15. The molecule has 0 aliphatic carbocycles. The number of para-hydroxylation sites is 1. The molecule has 0 fully saturated rings. The number of rotatable bonds is 3. The molecule has 4 heteroatoms. The number of nitrogens with one attached hydrogen (secondary N) is 1. The highest BCUT2D eigenvalue weighted by molar-refractivity contribution is 5.82. The van der Waals surface area contributed by atoms with Gasteiger partial charge in [0.2, 0.25) is 0 Å². The number of aryl methyl sites for hydroxylation is 3. The van der Waals surface area contributed by atoms with Crippen LogP contribution >= 0.6 is 0 Å². The predicted molar refractivity (Wildman–Crippen MR) is 86.5 cm³/mol. The van der Waals surface area contributed by atoms with Crippen molar-refractivity contribution in [2.24, 2.45) is 7.05 Å². The molecular formula is C17H20N4. The Bertz CT molecular complexity index is 802. The monoisotopic (exact) mass is 280 g/mol. The second kappa shape index (κ2) is 5.20. The van der Waals surface area contributed by atoms with Crippen LogP contribution in [0.2, 0.25) is 0 Å². The number of fused-ring (bicyclic) bond motifs is 1. The number of hydrogen-bond donors (Lipinski definition) is 1. The van der Waals surface area contributed by atoms with Crippen LogP contribution < -0.4 is 5.32 Å². The van der Waals surface area contributed by atoms with Crippen LogP contribution in [0.15, 0.2) is 30.3 Å². The molecule has 0 radical (unpaired) electrons. The third-order valence-electron chi connectivity index (χ3n) is 3.89. The molecule has 2 aromatic heterocycles. The minimum absolute atomic E-state index is 0.775. The summed E-state index contributed by atoms with van der Waals surface area (Å²) in [5, 5.41) is 9.17. The summed E-state index contributed by atoms with van der Waals surface area (Å²) < 4.78 is 1.91. The van der Waals surface area contributed by atoms with E-state index in [4.69, 9.17) is 0 Å². The van der Waals surface area contributed by atoms with E-state index < -0.39 is 0 Å². The zero-order chi connectivity index (χ0) is 15.0. The van der Waals surface area contributed by atoms with Crippen molar-refractivity contribution in [1.29, 1.82) is 0 Å². The van der Waals surface area contributed by atoms with Crippen LogP contribution in [0.4, 0.5) is 5.69 Å². The number of anilines is 1. The number of benzene rings is 1. The van der Waals surface area contributed by atoms with E-state index >= 15 is 0 Å². The van der Waals surface area contributed by atoms with E-state index in [1.807, 2.05) is 31.6 Å². The molecule has 0 saturated heterocycles. The Kier molecular flexibility index (Phi) is 3.37. The van der Waals surface area contributed by atoms with Gasteiger partial charge in [-0.3, -0.25) is 9.67 Å². The zero-order valence-corrected chi connectivity index (χ0v) is 12.9. The minimum Gasteiger partial charge on any atom is -0.378 e. The number of nitrogens with zero attached hydrogens (tertiary/aromatic N) is 3. The smallest absolute Gasteiger partial charge is 0.0827 e. The molecule has 0 atom stereocenters. The van der Waals surface area contributed by atoms with Crippen molar-refractivity contribution < 1.29 is 0 Å². The maximum absolute atomic E-state index is 4.59. The largest absolute Gasteiger partial charge is 0.378 e. The molecule has 0 bridgehead atoms. The standard InChI is InChI=1S/C17H20N4/c1-11-9-14(15-7-5-6-8-16(15)19-11)10-18-17-12(2)20-21(4)13(17)3/h5-9,18H,10H2,1-4H3. The summed E-state index contributed by atoms with van der Waals surface area (Å²) in [6, 6.07) is 10.4. The van der Waals surface area contributed by atoms with Crippen LogP contribution in [0.3, 0.4) is 0 Å². The van der Waals surface area contributed by atoms with Gasteiger partial charge in [0.1, 0.15) is 0 Å². The maximum Gasteiger partial charge on any atom is 0.0827 e. The minimum atomic E-state index is 0.775. The van der Waals surface area contributed by atoms with Gasteiger partial charge < -0.3 is 5.32 Å². The second-order valence-electron chi connectivity index (χ2n) is 5.46. The summed E-state index contributed by atoms with van der Waals surface area (Å²) in [5.41, 5.74) is 6.67. The first kappa shape index (κ1) is 13.6. The van der Waals surface area contributed by atoms with Gasteiger partial charge in [0, 0.05) is 24.7 Å². The summed E-state index contributed by atoms with van der Waals surface area (Å²) >= 11 is 0. The lowest BCUT2D eigenvalue weighted by molar-refractivity contribution is 0.731. The summed E-state index contributed by atoms with van der Waals surface area (Å²) in [6.45, 7) is 6.93. The lowest BCUT2D eigenvalue weighted by atomic mass is 10.1. The Morgan fingerprint density at radius 3 is 2.62 bits per heavy atom. The molecule has 0 amide bonds. The molecule has 1 aromatic carbocycles. The predicted octanol–water partition coefficient (Wildman–Crippen LogP) is 3.51. The number of aromatic nitrogens is 3. The lowest BCUT2D eigenvalue weighted by Crippen LogP contribution is -2.03. The van der Waals surface area contributed by atoms with Crippen molar-refractivity contribution in [2.75, 3.05) is 5.32 Å². The van der Waals surface area contributed by atoms with Crippen LogP contribution in [-0.2, 0) is 13.6 Å². The third kappa shape index (κ3) is 2.49. The van der Waals surface area contributed by atoms with E-state index in [-0.39, 0.29) is 0 Å². The molecule has 1 N–H and O–H groups in total. The van der Waals surface area contributed by atoms with Crippen LogP contribution in [0.1, 0.15) is 22.6 Å². The van der Waals surface area contributed by atoms with Gasteiger partial charge >= 0.3 is 0 Å². The van der Waals surface area contributed by atoms with E-state index in [0.717, 1.165) is 34.8 Å². The molecule has 0 aliphatic rings. The molecule has 0 spiro atoms. The topological polar surface area (TPSA) is 42.7 Å². The van der Waals surface area contributed by atoms with Crippen LogP contribution in [-0.4, -0.2) is 14.8 Å². The van der Waals surface area contributed by atoms with Crippen molar-refractivity contribution >= 4 is 16.6 Å². The molecule has 0 unspecified atom stereocenters. The van der Waals surface area contributed by atoms with Gasteiger partial charge in [0.05, 0.1) is 22.6 Å². The quantitative estimate of drug-likeness (QED) is 0.798. The van der Waals surface area contributed by atoms with Gasteiger partial charge in [-0.15, -0.1) is 0 Å². The molecule has 0 saturated carbocycles. The highest BCUT2D eigenvalue weighted by Crippen LogP contribution is 2.22. The Hall–Kier alpha value is -2.36. The molecular weight excluding hydrogens is 260 g/mol. The van der Waals surface area contributed by atoms with Gasteiger partial charge in [-0.1, -0.05) is 18.2 Å². The van der Waals surface area contributed by atoms with Crippen LogP contribution in [0.5, 0.6) is 0 Å². The van der Waals surface area contributed by atoms with E-state index in [2.05, 4.69) is 46.6 Å².